The first-order chi connectivity index (χ1) is 6.35. The van der Waals surface area contributed by atoms with Crippen molar-refractivity contribution in [3.05, 3.63) is 22.4 Å². The van der Waals surface area contributed by atoms with Crippen molar-refractivity contribution in [2.75, 3.05) is 13.1 Å². The second kappa shape index (κ2) is 3.81. The first-order valence-corrected chi connectivity index (χ1v) is 6.01. The third kappa shape index (κ3) is 2.32. The molecule has 1 N–H and O–H groups in total. The summed E-state index contributed by atoms with van der Waals surface area (Å²) in [5.41, 5.74) is 2.15. The summed E-state index contributed by atoms with van der Waals surface area (Å²) in [6, 6.07) is 2.26. The molecule has 0 radical (unpaired) electrons. The zero-order valence-corrected chi connectivity index (χ0v) is 8.99. The van der Waals surface area contributed by atoms with Gasteiger partial charge < -0.3 is 5.32 Å². The molecule has 2 rings (SSSR count). The maximum absolute atomic E-state index is 3.47. The molecule has 0 spiro atoms. The molecule has 1 heterocycles. The molecule has 1 saturated carbocycles. The fourth-order valence-corrected chi connectivity index (χ4v) is 2.48. The van der Waals surface area contributed by atoms with Gasteiger partial charge in [0.2, 0.25) is 0 Å². The van der Waals surface area contributed by atoms with E-state index in [9.17, 15) is 0 Å². The maximum Gasteiger partial charge on any atom is 0.00109 e. The number of thiophene rings is 1. The Morgan fingerprint density at radius 2 is 2.38 bits per heavy atom. The lowest BCUT2D eigenvalue weighted by molar-refractivity contribution is 0.463. The van der Waals surface area contributed by atoms with Gasteiger partial charge in [-0.05, 0) is 53.6 Å². The molecule has 0 atom stereocenters. The summed E-state index contributed by atoms with van der Waals surface area (Å²) in [6.45, 7) is 4.49. The molecule has 1 nitrogen and oxygen atoms in total. The van der Waals surface area contributed by atoms with Crippen LogP contribution in [0.1, 0.15) is 25.3 Å². The Hall–Kier alpha value is -0.340. The summed E-state index contributed by atoms with van der Waals surface area (Å²) >= 11 is 1.81. The van der Waals surface area contributed by atoms with E-state index >= 15 is 0 Å². The van der Waals surface area contributed by atoms with Crippen LogP contribution in [-0.2, 0) is 6.42 Å². The Balaban J connectivity index is 1.87. The van der Waals surface area contributed by atoms with E-state index in [4.69, 9.17) is 0 Å². The molecular weight excluding hydrogens is 178 g/mol. The lowest BCUT2D eigenvalue weighted by Gasteiger charge is -2.14. The fourth-order valence-electron chi connectivity index (χ4n) is 1.81. The Morgan fingerprint density at radius 1 is 1.54 bits per heavy atom. The first kappa shape index (κ1) is 9.22. The standard InChI is InChI=1S/C11H17NS/c1-2-12-9-11(4-5-11)7-10-3-6-13-8-10/h3,6,8,12H,2,4-5,7,9H2,1H3. The molecule has 13 heavy (non-hydrogen) atoms. The van der Waals surface area contributed by atoms with Crippen LogP contribution in [0.25, 0.3) is 0 Å². The molecule has 0 bridgehead atoms. The summed E-state index contributed by atoms with van der Waals surface area (Å²) in [4.78, 5) is 0. The van der Waals surface area contributed by atoms with Gasteiger partial charge in [0.25, 0.3) is 0 Å². The molecule has 0 unspecified atom stereocenters. The number of rotatable bonds is 5. The minimum absolute atomic E-state index is 0.622. The Kier molecular flexibility index (Phi) is 2.70. The Morgan fingerprint density at radius 3 is 2.92 bits per heavy atom. The summed E-state index contributed by atoms with van der Waals surface area (Å²) in [5.74, 6) is 0. The van der Waals surface area contributed by atoms with Crippen LogP contribution in [0, 0.1) is 5.41 Å². The predicted octanol–water partition coefficient (Wildman–Crippen LogP) is 2.68. The zero-order valence-electron chi connectivity index (χ0n) is 8.18. The summed E-state index contributed by atoms with van der Waals surface area (Å²) < 4.78 is 0. The lowest BCUT2D eigenvalue weighted by Crippen LogP contribution is -2.25. The summed E-state index contributed by atoms with van der Waals surface area (Å²) in [5, 5.41) is 7.93. The number of nitrogens with one attached hydrogen (secondary N) is 1. The van der Waals surface area contributed by atoms with E-state index in [0.29, 0.717) is 5.41 Å². The molecule has 1 aromatic heterocycles. The largest absolute Gasteiger partial charge is 0.316 e. The molecule has 1 aromatic rings. The Bertz CT molecular complexity index is 249. The van der Waals surface area contributed by atoms with Crippen molar-refractivity contribution in [3.63, 3.8) is 0 Å². The van der Waals surface area contributed by atoms with Gasteiger partial charge in [0.15, 0.2) is 0 Å². The smallest absolute Gasteiger partial charge is 0.00109 e. The van der Waals surface area contributed by atoms with Crippen molar-refractivity contribution >= 4 is 11.3 Å². The molecule has 0 aromatic carbocycles. The quantitative estimate of drug-likeness (QED) is 0.761. The summed E-state index contributed by atoms with van der Waals surface area (Å²) in [6.07, 6.45) is 4.11. The normalized spacial score (nSPS) is 18.8. The van der Waals surface area contributed by atoms with Crippen molar-refractivity contribution in [3.8, 4) is 0 Å². The van der Waals surface area contributed by atoms with Gasteiger partial charge in [-0.1, -0.05) is 6.92 Å². The zero-order chi connectivity index (χ0) is 9.15. The topological polar surface area (TPSA) is 12.0 Å². The molecule has 1 fully saturated rings. The second-order valence-corrected chi connectivity index (χ2v) is 4.87. The highest BCUT2D eigenvalue weighted by Gasteiger charge is 2.41. The van der Waals surface area contributed by atoms with E-state index in [1.54, 1.807) is 0 Å². The van der Waals surface area contributed by atoms with Gasteiger partial charge in [0, 0.05) is 6.54 Å². The van der Waals surface area contributed by atoms with Crippen molar-refractivity contribution in [1.29, 1.82) is 0 Å². The maximum atomic E-state index is 3.47. The molecule has 1 aliphatic rings. The van der Waals surface area contributed by atoms with Crippen LogP contribution in [0.4, 0.5) is 0 Å². The van der Waals surface area contributed by atoms with E-state index in [1.807, 2.05) is 11.3 Å². The predicted molar refractivity (Wildman–Crippen MR) is 58.2 cm³/mol. The van der Waals surface area contributed by atoms with Gasteiger partial charge in [-0.25, -0.2) is 0 Å². The van der Waals surface area contributed by atoms with Crippen LogP contribution in [0.15, 0.2) is 16.8 Å². The van der Waals surface area contributed by atoms with Crippen LogP contribution in [-0.4, -0.2) is 13.1 Å². The van der Waals surface area contributed by atoms with E-state index in [0.717, 1.165) is 6.54 Å². The average Bonchev–Trinajstić information content (AvgIpc) is 2.69. The molecule has 72 valence electrons. The van der Waals surface area contributed by atoms with Crippen molar-refractivity contribution in [1.82, 2.24) is 5.32 Å². The van der Waals surface area contributed by atoms with Gasteiger partial charge in [-0.15, -0.1) is 0 Å². The van der Waals surface area contributed by atoms with Gasteiger partial charge in [-0.3, -0.25) is 0 Å². The molecule has 0 amide bonds. The third-order valence-corrected chi connectivity index (χ3v) is 3.60. The molecule has 0 saturated heterocycles. The van der Waals surface area contributed by atoms with Crippen LogP contribution >= 0.6 is 11.3 Å². The molecule has 1 aliphatic carbocycles. The minimum Gasteiger partial charge on any atom is -0.316 e. The third-order valence-electron chi connectivity index (χ3n) is 2.87. The van der Waals surface area contributed by atoms with Crippen molar-refractivity contribution < 1.29 is 0 Å². The van der Waals surface area contributed by atoms with Crippen LogP contribution in [0.2, 0.25) is 0 Å². The fraction of sp³-hybridized carbons (Fsp3) is 0.636. The second-order valence-electron chi connectivity index (χ2n) is 4.09. The van der Waals surface area contributed by atoms with Crippen LogP contribution in [0.5, 0.6) is 0 Å². The highest BCUT2D eigenvalue weighted by molar-refractivity contribution is 7.07. The lowest BCUT2D eigenvalue weighted by atomic mass is 9.98. The van der Waals surface area contributed by atoms with Crippen molar-refractivity contribution in [2.24, 2.45) is 5.41 Å². The van der Waals surface area contributed by atoms with Gasteiger partial charge in [0.05, 0.1) is 0 Å². The van der Waals surface area contributed by atoms with Gasteiger partial charge >= 0.3 is 0 Å². The van der Waals surface area contributed by atoms with E-state index in [1.165, 1.54) is 31.4 Å². The van der Waals surface area contributed by atoms with Gasteiger partial charge in [-0.2, -0.15) is 11.3 Å². The number of hydrogen-bond donors (Lipinski definition) is 1. The van der Waals surface area contributed by atoms with E-state index < -0.39 is 0 Å². The first-order valence-electron chi connectivity index (χ1n) is 5.06. The van der Waals surface area contributed by atoms with Crippen LogP contribution < -0.4 is 5.32 Å². The number of hydrogen-bond acceptors (Lipinski definition) is 2. The highest BCUT2D eigenvalue weighted by atomic mass is 32.1. The average molecular weight is 195 g/mol. The molecular formula is C11H17NS. The molecule has 0 aliphatic heterocycles. The van der Waals surface area contributed by atoms with Crippen LogP contribution in [0.3, 0.4) is 0 Å². The van der Waals surface area contributed by atoms with Crippen molar-refractivity contribution in [2.45, 2.75) is 26.2 Å². The highest BCUT2D eigenvalue weighted by Crippen LogP contribution is 2.47. The monoisotopic (exact) mass is 195 g/mol. The van der Waals surface area contributed by atoms with E-state index in [2.05, 4.69) is 29.1 Å². The molecule has 2 heteroatoms. The van der Waals surface area contributed by atoms with E-state index in [-0.39, 0.29) is 0 Å². The minimum atomic E-state index is 0.622. The Labute approximate surface area is 84.2 Å². The summed E-state index contributed by atoms with van der Waals surface area (Å²) in [7, 11) is 0. The van der Waals surface area contributed by atoms with Gasteiger partial charge in [0.1, 0.15) is 0 Å². The SMILES string of the molecule is CCNCC1(Cc2ccsc2)CC1.